The highest BCUT2D eigenvalue weighted by Crippen LogP contribution is 2.09. The number of hydrogen-bond acceptors (Lipinski definition) is 3. The molecule has 0 heterocycles. The number of amidine groups is 1. The summed E-state index contributed by atoms with van der Waals surface area (Å²) in [6.07, 6.45) is 11.5. The molecule has 0 atom stereocenters. The van der Waals surface area contributed by atoms with Gasteiger partial charge >= 0.3 is 0 Å². The van der Waals surface area contributed by atoms with Crippen molar-refractivity contribution in [1.29, 1.82) is 5.41 Å². The molecular weight excluding hydrogens is 250 g/mol. The van der Waals surface area contributed by atoms with Crippen LogP contribution in [0, 0.1) is 5.41 Å². The van der Waals surface area contributed by atoms with Crippen molar-refractivity contribution in [3.05, 3.63) is 0 Å². The lowest BCUT2D eigenvalue weighted by atomic mass is 10.1. The van der Waals surface area contributed by atoms with Crippen molar-refractivity contribution in [3.8, 4) is 0 Å². The second kappa shape index (κ2) is 14.8. The fraction of sp³-hybridized carbons (Fsp3) is 0.938. The van der Waals surface area contributed by atoms with Gasteiger partial charge in [0.25, 0.3) is 0 Å². The summed E-state index contributed by atoms with van der Waals surface area (Å²) in [5.41, 5.74) is 5.43. The Balaban J connectivity index is 3.54. The summed E-state index contributed by atoms with van der Waals surface area (Å²) >= 11 is 0. The van der Waals surface area contributed by atoms with Gasteiger partial charge in [-0.1, -0.05) is 51.9 Å². The SMILES string of the molecule is CCCCCCCCCCN(CCOC)CCC(=N)N. The number of rotatable bonds is 15. The molecule has 0 unspecified atom stereocenters. The van der Waals surface area contributed by atoms with E-state index in [2.05, 4.69) is 11.8 Å². The first-order valence-electron chi connectivity index (χ1n) is 8.24. The van der Waals surface area contributed by atoms with E-state index in [9.17, 15) is 0 Å². The van der Waals surface area contributed by atoms with Crippen molar-refractivity contribution in [1.82, 2.24) is 4.90 Å². The van der Waals surface area contributed by atoms with Crippen LogP contribution in [0.25, 0.3) is 0 Å². The molecule has 0 aliphatic rings. The van der Waals surface area contributed by atoms with Crippen LogP contribution in [-0.2, 0) is 4.74 Å². The minimum atomic E-state index is 0.281. The van der Waals surface area contributed by atoms with Crippen molar-refractivity contribution >= 4 is 5.84 Å². The highest BCUT2D eigenvalue weighted by atomic mass is 16.5. The summed E-state index contributed by atoms with van der Waals surface area (Å²) in [6, 6.07) is 0. The van der Waals surface area contributed by atoms with Crippen LogP contribution in [0.3, 0.4) is 0 Å². The van der Waals surface area contributed by atoms with E-state index in [1.54, 1.807) is 7.11 Å². The third kappa shape index (κ3) is 13.8. The van der Waals surface area contributed by atoms with Gasteiger partial charge in [-0.05, 0) is 13.0 Å². The average molecular weight is 285 g/mol. The lowest BCUT2D eigenvalue weighted by Gasteiger charge is -2.21. The summed E-state index contributed by atoms with van der Waals surface area (Å²) < 4.78 is 5.13. The first-order chi connectivity index (χ1) is 9.70. The number of hydrogen-bond donors (Lipinski definition) is 2. The summed E-state index contributed by atoms with van der Waals surface area (Å²) in [5, 5.41) is 7.31. The van der Waals surface area contributed by atoms with E-state index < -0.39 is 0 Å². The maximum absolute atomic E-state index is 7.31. The highest BCUT2D eigenvalue weighted by Gasteiger charge is 2.05. The monoisotopic (exact) mass is 285 g/mol. The molecule has 0 fully saturated rings. The smallest absolute Gasteiger partial charge is 0.0918 e. The first-order valence-corrected chi connectivity index (χ1v) is 8.24. The Hall–Kier alpha value is -0.610. The molecule has 0 aliphatic heterocycles. The molecule has 0 rings (SSSR count). The topological polar surface area (TPSA) is 62.3 Å². The van der Waals surface area contributed by atoms with E-state index in [4.69, 9.17) is 15.9 Å². The van der Waals surface area contributed by atoms with Crippen molar-refractivity contribution in [2.24, 2.45) is 5.73 Å². The first kappa shape index (κ1) is 19.4. The van der Waals surface area contributed by atoms with Crippen LogP contribution in [0.2, 0.25) is 0 Å². The summed E-state index contributed by atoms with van der Waals surface area (Å²) in [6.45, 7) is 5.95. The van der Waals surface area contributed by atoms with Crippen molar-refractivity contribution in [2.45, 2.75) is 64.7 Å². The lowest BCUT2D eigenvalue weighted by molar-refractivity contribution is 0.148. The molecule has 0 aliphatic carbocycles. The van der Waals surface area contributed by atoms with E-state index in [1.165, 1.54) is 51.4 Å². The predicted molar refractivity (Wildman–Crippen MR) is 87.5 cm³/mol. The molecule has 4 heteroatoms. The second-order valence-electron chi connectivity index (χ2n) is 5.58. The molecule has 0 amide bonds. The standard InChI is InChI=1S/C16H35N3O/c1-3-4-5-6-7-8-9-10-12-19(14-15-20-2)13-11-16(17)18/h3-15H2,1-2H3,(H3,17,18). The van der Waals surface area contributed by atoms with E-state index in [-0.39, 0.29) is 5.84 Å². The molecule has 0 spiro atoms. The van der Waals surface area contributed by atoms with Crippen LogP contribution in [-0.4, -0.2) is 44.1 Å². The molecule has 3 N–H and O–H groups in total. The Bertz CT molecular complexity index is 222. The minimum Gasteiger partial charge on any atom is -0.388 e. The number of ether oxygens (including phenoxy) is 1. The molecule has 0 aromatic heterocycles. The van der Waals surface area contributed by atoms with Gasteiger partial charge in [0.1, 0.15) is 0 Å². The van der Waals surface area contributed by atoms with Gasteiger partial charge in [-0.25, -0.2) is 0 Å². The number of nitrogens with one attached hydrogen (secondary N) is 1. The maximum Gasteiger partial charge on any atom is 0.0918 e. The quantitative estimate of drug-likeness (QED) is 0.275. The van der Waals surface area contributed by atoms with Crippen LogP contribution in [0.1, 0.15) is 64.7 Å². The second-order valence-corrected chi connectivity index (χ2v) is 5.58. The maximum atomic E-state index is 7.31. The summed E-state index contributed by atoms with van der Waals surface area (Å²) in [5.74, 6) is 0.281. The van der Waals surface area contributed by atoms with E-state index in [0.717, 1.165) is 26.2 Å². The minimum absolute atomic E-state index is 0.281. The third-order valence-electron chi connectivity index (χ3n) is 3.64. The van der Waals surface area contributed by atoms with Crippen LogP contribution in [0.4, 0.5) is 0 Å². The van der Waals surface area contributed by atoms with Gasteiger partial charge in [0, 0.05) is 26.6 Å². The van der Waals surface area contributed by atoms with E-state index >= 15 is 0 Å². The fourth-order valence-electron chi connectivity index (χ4n) is 2.30. The Morgan fingerprint density at radius 2 is 1.55 bits per heavy atom. The Morgan fingerprint density at radius 3 is 2.10 bits per heavy atom. The Morgan fingerprint density at radius 1 is 0.950 bits per heavy atom. The lowest BCUT2D eigenvalue weighted by Crippen LogP contribution is -2.31. The van der Waals surface area contributed by atoms with Crippen molar-refractivity contribution in [2.75, 3.05) is 33.4 Å². The van der Waals surface area contributed by atoms with Crippen LogP contribution < -0.4 is 5.73 Å². The Kier molecular flexibility index (Phi) is 14.3. The van der Waals surface area contributed by atoms with Gasteiger partial charge < -0.3 is 15.4 Å². The number of nitrogens with zero attached hydrogens (tertiary/aromatic N) is 1. The fourth-order valence-corrected chi connectivity index (χ4v) is 2.30. The zero-order valence-corrected chi connectivity index (χ0v) is 13.6. The van der Waals surface area contributed by atoms with E-state index in [0.29, 0.717) is 6.42 Å². The predicted octanol–water partition coefficient (Wildman–Crippen LogP) is 3.40. The Labute approximate surface area is 125 Å². The summed E-state index contributed by atoms with van der Waals surface area (Å²) in [7, 11) is 1.74. The van der Waals surface area contributed by atoms with Gasteiger partial charge in [0.2, 0.25) is 0 Å². The normalized spacial score (nSPS) is 11.2. The molecule has 0 aromatic carbocycles. The molecule has 0 aromatic rings. The molecule has 4 nitrogen and oxygen atoms in total. The van der Waals surface area contributed by atoms with Gasteiger partial charge in [-0.15, -0.1) is 0 Å². The van der Waals surface area contributed by atoms with Crippen molar-refractivity contribution in [3.63, 3.8) is 0 Å². The highest BCUT2D eigenvalue weighted by molar-refractivity contribution is 5.76. The molecule has 0 saturated heterocycles. The molecular formula is C16H35N3O. The molecule has 0 saturated carbocycles. The third-order valence-corrected chi connectivity index (χ3v) is 3.64. The molecule has 20 heavy (non-hydrogen) atoms. The molecule has 0 radical (unpaired) electrons. The zero-order chi connectivity index (χ0) is 15.1. The average Bonchev–Trinajstić information content (AvgIpc) is 2.43. The van der Waals surface area contributed by atoms with Crippen LogP contribution in [0.15, 0.2) is 0 Å². The number of unbranched alkanes of at least 4 members (excludes halogenated alkanes) is 7. The number of methoxy groups -OCH3 is 1. The van der Waals surface area contributed by atoms with Crippen LogP contribution in [0.5, 0.6) is 0 Å². The largest absolute Gasteiger partial charge is 0.388 e. The van der Waals surface area contributed by atoms with Crippen LogP contribution >= 0.6 is 0 Å². The van der Waals surface area contributed by atoms with Gasteiger partial charge in [-0.3, -0.25) is 5.41 Å². The van der Waals surface area contributed by atoms with Crippen molar-refractivity contribution < 1.29 is 4.74 Å². The van der Waals surface area contributed by atoms with E-state index in [1.807, 2.05) is 0 Å². The molecule has 120 valence electrons. The summed E-state index contributed by atoms with van der Waals surface area (Å²) in [4.78, 5) is 2.36. The number of nitrogens with two attached hydrogens (primary N) is 1. The molecule has 0 bridgehead atoms. The van der Waals surface area contributed by atoms with Gasteiger partial charge in [0.05, 0.1) is 12.4 Å². The van der Waals surface area contributed by atoms with Gasteiger partial charge in [0.15, 0.2) is 0 Å². The van der Waals surface area contributed by atoms with Gasteiger partial charge in [-0.2, -0.15) is 0 Å². The zero-order valence-electron chi connectivity index (χ0n) is 13.6.